The smallest absolute Gasteiger partial charge is 0.295 e. The number of halogens is 2. The van der Waals surface area contributed by atoms with E-state index in [1.165, 1.54) is 4.90 Å². The minimum absolute atomic E-state index is 0.0519. The van der Waals surface area contributed by atoms with Crippen molar-refractivity contribution in [2.45, 2.75) is 12.6 Å². The Labute approximate surface area is 205 Å². The fraction of sp³-hybridized carbons (Fsp3) is 0.160. The van der Waals surface area contributed by atoms with Crippen molar-refractivity contribution < 1.29 is 24.2 Å². The molecule has 1 atom stereocenters. The van der Waals surface area contributed by atoms with Crippen molar-refractivity contribution in [1.29, 1.82) is 0 Å². The van der Waals surface area contributed by atoms with Crippen LogP contribution in [0.25, 0.3) is 5.76 Å². The molecule has 2 aliphatic heterocycles. The molecule has 172 valence electrons. The summed E-state index contributed by atoms with van der Waals surface area (Å²) >= 11 is 12.4. The Hall–Kier alpha value is -3.55. The zero-order chi connectivity index (χ0) is 23.8. The van der Waals surface area contributed by atoms with Crippen LogP contribution in [0.15, 0.2) is 66.5 Å². The van der Waals surface area contributed by atoms with E-state index in [1.807, 2.05) is 0 Å². The number of ether oxygens (including phenoxy) is 2. The maximum absolute atomic E-state index is 13.2. The standard InChI is InChI=1S/C25H18Cl2N2O5/c26-17-5-3-15(10-18(17)27)22-21(23(30)16-4-6-19-20(11-16)34-9-8-33-19)24(31)25(32)29(22)13-14-2-1-7-28-12-14/h1-7,10-12,22,30H,8-9,13H2/b23-21-. The van der Waals surface area contributed by atoms with Gasteiger partial charge in [0.25, 0.3) is 11.7 Å². The van der Waals surface area contributed by atoms with Crippen molar-refractivity contribution in [2.75, 3.05) is 13.2 Å². The molecule has 0 bridgehead atoms. The monoisotopic (exact) mass is 496 g/mol. The van der Waals surface area contributed by atoms with Crippen LogP contribution >= 0.6 is 23.2 Å². The average Bonchev–Trinajstić information content (AvgIpc) is 3.10. The molecule has 1 unspecified atom stereocenters. The van der Waals surface area contributed by atoms with Gasteiger partial charge in [-0.15, -0.1) is 0 Å². The average molecular weight is 497 g/mol. The number of aromatic nitrogens is 1. The van der Waals surface area contributed by atoms with Crippen LogP contribution in [0.5, 0.6) is 11.5 Å². The second-order valence-electron chi connectivity index (χ2n) is 7.82. The zero-order valence-electron chi connectivity index (χ0n) is 17.7. The molecule has 2 aliphatic rings. The molecule has 1 N–H and O–H groups in total. The fourth-order valence-corrected chi connectivity index (χ4v) is 4.41. The van der Waals surface area contributed by atoms with Gasteiger partial charge in [0, 0.05) is 24.5 Å². The quantitative estimate of drug-likeness (QED) is 0.317. The number of amides is 1. The highest BCUT2D eigenvalue weighted by molar-refractivity contribution is 6.46. The topological polar surface area (TPSA) is 89.0 Å². The van der Waals surface area contributed by atoms with E-state index in [4.69, 9.17) is 32.7 Å². The van der Waals surface area contributed by atoms with E-state index >= 15 is 0 Å². The number of fused-ring (bicyclic) bond motifs is 1. The van der Waals surface area contributed by atoms with Crippen LogP contribution in [-0.4, -0.2) is 39.9 Å². The lowest BCUT2D eigenvalue weighted by Crippen LogP contribution is -2.29. The number of nitrogens with zero attached hydrogens (tertiary/aromatic N) is 2. The predicted octanol–water partition coefficient (Wildman–Crippen LogP) is 4.78. The van der Waals surface area contributed by atoms with Gasteiger partial charge < -0.3 is 19.5 Å². The summed E-state index contributed by atoms with van der Waals surface area (Å²) in [6, 6.07) is 12.4. The molecule has 1 aromatic heterocycles. The number of carbonyl (C=O) groups is 2. The molecular formula is C25H18Cl2N2O5. The molecule has 3 heterocycles. The summed E-state index contributed by atoms with van der Waals surface area (Å²) in [5.74, 6) is -0.863. The fourth-order valence-electron chi connectivity index (χ4n) is 4.11. The van der Waals surface area contributed by atoms with Gasteiger partial charge in [0.2, 0.25) is 0 Å². The van der Waals surface area contributed by atoms with Gasteiger partial charge in [-0.3, -0.25) is 14.6 Å². The van der Waals surface area contributed by atoms with Crippen LogP contribution in [-0.2, 0) is 16.1 Å². The molecule has 7 nitrogen and oxygen atoms in total. The third-order valence-corrected chi connectivity index (χ3v) is 6.43. The number of likely N-dealkylation sites (tertiary alicyclic amines) is 1. The first-order chi connectivity index (χ1) is 16.4. The van der Waals surface area contributed by atoms with Gasteiger partial charge >= 0.3 is 0 Å². The molecule has 3 aromatic rings. The Morgan fingerprint density at radius 2 is 1.82 bits per heavy atom. The molecule has 5 rings (SSSR count). The van der Waals surface area contributed by atoms with E-state index in [2.05, 4.69) is 4.98 Å². The van der Waals surface area contributed by atoms with Crippen LogP contribution in [0.3, 0.4) is 0 Å². The second kappa shape index (κ2) is 9.00. The second-order valence-corrected chi connectivity index (χ2v) is 8.63. The van der Waals surface area contributed by atoms with Crippen molar-refractivity contribution >= 4 is 40.7 Å². The Morgan fingerprint density at radius 3 is 2.56 bits per heavy atom. The molecular weight excluding hydrogens is 479 g/mol. The van der Waals surface area contributed by atoms with Gasteiger partial charge in [0.1, 0.15) is 19.0 Å². The van der Waals surface area contributed by atoms with Crippen LogP contribution in [0.1, 0.15) is 22.7 Å². The molecule has 0 saturated carbocycles. The van der Waals surface area contributed by atoms with Gasteiger partial charge in [0.05, 0.1) is 21.7 Å². The third-order valence-electron chi connectivity index (χ3n) is 5.69. The first-order valence-corrected chi connectivity index (χ1v) is 11.2. The summed E-state index contributed by atoms with van der Waals surface area (Å²) in [7, 11) is 0. The van der Waals surface area contributed by atoms with Crippen molar-refractivity contribution in [3.8, 4) is 11.5 Å². The highest BCUT2D eigenvalue weighted by atomic mass is 35.5. The Balaban J connectivity index is 1.65. The predicted molar refractivity (Wildman–Crippen MR) is 126 cm³/mol. The maximum atomic E-state index is 13.2. The van der Waals surface area contributed by atoms with Crippen molar-refractivity contribution in [3.05, 3.63) is 93.2 Å². The van der Waals surface area contributed by atoms with Crippen molar-refractivity contribution in [3.63, 3.8) is 0 Å². The normalized spacial score (nSPS) is 18.9. The third kappa shape index (κ3) is 3.97. The number of hydrogen-bond acceptors (Lipinski definition) is 6. The lowest BCUT2D eigenvalue weighted by atomic mass is 9.95. The van der Waals surface area contributed by atoms with Crippen molar-refractivity contribution in [1.82, 2.24) is 9.88 Å². The van der Waals surface area contributed by atoms with Crippen LogP contribution in [0.4, 0.5) is 0 Å². The summed E-state index contributed by atoms with van der Waals surface area (Å²) in [4.78, 5) is 31.8. The van der Waals surface area contributed by atoms with E-state index in [0.717, 1.165) is 5.56 Å². The molecule has 0 spiro atoms. The lowest BCUT2D eigenvalue weighted by Gasteiger charge is -2.26. The number of aliphatic hydroxyl groups excluding tert-OH is 1. The number of carbonyl (C=O) groups excluding carboxylic acids is 2. The van der Waals surface area contributed by atoms with Gasteiger partial charge in [-0.2, -0.15) is 0 Å². The molecule has 0 aliphatic carbocycles. The number of hydrogen-bond donors (Lipinski definition) is 1. The Kier molecular flexibility index (Phi) is 5.89. The summed E-state index contributed by atoms with van der Waals surface area (Å²) in [5, 5.41) is 11.9. The van der Waals surface area contributed by atoms with Gasteiger partial charge in [0.15, 0.2) is 11.5 Å². The SMILES string of the molecule is O=C1C(=O)N(Cc2cccnc2)C(c2ccc(Cl)c(Cl)c2)/C1=C(/O)c1ccc2c(c1)OCCO2. The minimum atomic E-state index is -0.886. The molecule has 34 heavy (non-hydrogen) atoms. The number of rotatable bonds is 4. The zero-order valence-corrected chi connectivity index (χ0v) is 19.2. The Bertz CT molecular complexity index is 1330. The largest absolute Gasteiger partial charge is 0.507 e. The van der Waals surface area contributed by atoms with Gasteiger partial charge in [-0.05, 0) is 47.5 Å². The molecule has 0 radical (unpaired) electrons. The highest BCUT2D eigenvalue weighted by Gasteiger charge is 2.46. The molecule has 1 saturated heterocycles. The summed E-state index contributed by atoms with van der Waals surface area (Å²) in [5.41, 5.74) is 1.54. The number of pyridine rings is 1. The van der Waals surface area contributed by atoms with Crippen LogP contribution in [0.2, 0.25) is 10.0 Å². The minimum Gasteiger partial charge on any atom is -0.507 e. The summed E-state index contributed by atoms with van der Waals surface area (Å²) < 4.78 is 11.1. The molecule has 9 heteroatoms. The van der Waals surface area contributed by atoms with E-state index < -0.39 is 17.7 Å². The van der Waals surface area contributed by atoms with E-state index in [0.29, 0.717) is 40.9 Å². The van der Waals surface area contributed by atoms with E-state index in [9.17, 15) is 14.7 Å². The lowest BCUT2D eigenvalue weighted by molar-refractivity contribution is -0.140. The van der Waals surface area contributed by atoms with Crippen molar-refractivity contribution in [2.24, 2.45) is 0 Å². The number of benzene rings is 2. The molecule has 1 fully saturated rings. The number of ketones is 1. The van der Waals surface area contributed by atoms with Gasteiger partial charge in [-0.25, -0.2) is 0 Å². The summed E-state index contributed by atoms with van der Waals surface area (Å²) in [6.07, 6.45) is 3.24. The van der Waals surface area contributed by atoms with E-state index in [-0.39, 0.29) is 22.9 Å². The first-order valence-electron chi connectivity index (χ1n) is 10.5. The number of aliphatic hydroxyl groups is 1. The van der Waals surface area contributed by atoms with Crippen LogP contribution in [0, 0.1) is 0 Å². The maximum Gasteiger partial charge on any atom is 0.295 e. The molecule has 2 aromatic carbocycles. The first kappa shape index (κ1) is 22.3. The summed E-state index contributed by atoms with van der Waals surface area (Å²) in [6.45, 7) is 0.909. The number of Topliss-reactive ketones (excluding diaryl/α,β-unsaturated/α-hetero) is 1. The van der Waals surface area contributed by atoms with E-state index in [1.54, 1.807) is 60.9 Å². The molecule has 1 amide bonds. The highest BCUT2D eigenvalue weighted by Crippen LogP contribution is 2.42. The van der Waals surface area contributed by atoms with Crippen LogP contribution < -0.4 is 9.47 Å². The van der Waals surface area contributed by atoms with Gasteiger partial charge in [-0.1, -0.05) is 35.3 Å². The Morgan fingerprint density at radius 1 is 1.03 bits per heavy atom.